The van der Waals surface area contributed by atoms with E-state index in [2.05, 4.69) is 15.4 Å². The predicted molar refractivity (Wildman–Crippen MR) is 103 cm³/mol. The maximum Gasteiger partial charge on any atom is 0.267 e. The predicted octanol–water partition coefficient (Wildman–Crippen LogP) is 2.84. The van der Waals surface area contributed by atoms with Crippen molar-refractivity contribution in [1.29, 1.82) is 0 Å². The molecule has 0 bridgehead atoms. The van der Waals surface area contributed by atoms with Crippen molar-refractivity contribution in [2.24, 2.45) is 0 Å². The van der Waals surface area contributed by atoms with Crippen molar-refractivity contribution in [3.05, 3.63) is 69.8 Å². The molecule has 0 aliphatic rings. The van der Waals surface area contributed by atoms with Crippen LogP contribution in [0.2, 0.25) is 0 Å². The molecule has 1 N–H and O–H groups in total. The highest BCUT2D eigenvalue weighted by atomic mass is 32.1. The van der Waals surface area contributed by atoms with E-state index in [9.17, 15) is 9.59 Å². The summed E-state index contributed by atoms with van der Waals surface area (Å²) in [6, 6.07) is 10.0. The third-order valence-corrected chi connectivity index (χ3v) is 5.18. The van der Waals surface area contributed by atoms with Crippen molar-refractivity contribution in [2.75, 3.05) is 0 Å². The molecule has 8 nitrogen and oxygen atoms in total. The molecule has 0 saturated heterocycles. The molecule has 0 saturated carbocycles. The molecule has 4 aromatic heterocycles. The van der Waals surface area contributed by atoms with Gasteiger partial charge in [-0.1, -0.05) is 0 Å². The number of furan rings is 2. The second kappa shape index (κ2) is 7.65. The summed E-state index contributed by atoms with van der Waals surface area (Å²) in [5.41, 5.74) is 0.949. The van der Waals surface area contributed by atoms with Crippen LogP contribution in [0.25, 0.3) is 22.2 Å². The van der Waals surface area contributed by atoms with Gasteiger partial charge >= 0.3 is 0 Å². The topological polar surface area (TPSA) is 103 Å². The molecular weight excluding hydrogens is 380 g/mol. The molecule has 1 amide bonds. The SMILES string of the molecule is Cc1nc(-c2ccco2)sc1CNC(=O)Cn1nc(-c2ccco2)ccc1=O. The van der Waals surface area contributed by atoms with Gasteiger partial charge in [0, 0.05) is 10.9 Å². The van der Waals surface area contributed by atoms with Gasteiger partial charge in [-0.05, 0) is 37.3 Å². The second-order valence-corrected chi connectivity index (χ2v) is 7.06. The van der Waals surface area contributed by atoms with Gasteiger partial charge in [-0.2, -0.15) is 5.10 Å². The van der Waals surface area contributed by atoms with Crippen LogP contribution in [0.4, 0.5) is 0 Å². The maximum atomic E-state index is 12.3. The summed E-state index contributed by atoms with van der Waals surface area (Å²) in [6.45, 7) is 2.01. The fraction of sp³-hybridized carbons (Fsp3) is 0.158. The van der Waals surface area contributed by atoms with E-state index in [4.69, 9.17) is 8.83 Å². The Balaban J connectivity index is 1.43. The fourth-order valence-corrected chi connectivity index (χ4v) is 3.56. The highest BCUT2D eigenvalue weighted by Crippen LogP contribution is 2.28. The van der Waals surface area contributed by atoms with E-state index in [0.29, 0.717) is 23.8 Å². The van der Waals surface area contributed by atoms with Gasteiger partial charge < -0.3 is 14.2 Å². The van der Waals surface area contributed by atoms with Crippen molar-refractivity contribution in [2.45, 2.75) is 20.0 Å². The van der Waals surface area contributed by atoms with E-state index in [1.54, 1.807) is 30.5 Å². The van der Waals surface area contributed by atoms with Crippen LogP contribution < -0.4 is 10.9 Å². The number of carbonyl (C=O) groups excluding carboxylic acids is 1. The number of amides is 1. The molecule has 0 radical (unpaired) electrons. The minimum absolute atomic E-state index is 0.184. The number of hydrogen-bond acceptors (Lipinski definition) is 7. The summed E-state index contributed by atoms with van der Waals surface area (Å²) >= 11 is 1.45. The van der Waals surface area contributed by atoms with Crippen molar-refractivity contribution in [3.8, 4) is 22.2 Å². The Morgan fingerprint density at radius 3 is 2.61 bits per heavy atom. The zero-order valence-corrected chi connectivity index (χ0v) is 15.7. The van der Waals surface area contributed by atoms with Gasteiger partial charge in [-0.3, -0.25) is 9.59 Å². The normalized spacial score (nSPS) is 10.9. The Hall–Kier alpha value is -3.46. The number of aromatic nitrogens is 3. The van der Waals surface area contributed by atoms with E-state index in [-0.39, 0.29) is 18.0 Å². The molecular formula is C19H16N4O4S. The lowest BCUT2D eigenvalue weighted by molar-refractivity contribution is -0.122. The van der Waals surface area contributed by atoms with Gasteiger partial charge in [0.25, 0.3) is 5.56 Å². The number of carbonyl (C=O) groups is 1. The molecule has 0 aliphatic heterocycles. The zero-order valence-electron chi connectivity index (χ0n) is 14.9. The third-order valence-electron chi connectivity index (χ3n) is 4.00. The van der Waals surface area contributed by atoms with Gasteiger partial charge in [0.1, 0.15) is 12.2 Å². The first-order valence-electron chi connectivity index (χ1n) is 8.49. The number of nitrogens with one attached hydrogen (secondary N) is 1. The lowest BCUT2D eigenvalue weighted by Crippen LogP contribution is -2.33. The summed E-state index contributed by atoms with van der Waals surface area (Å²) in [6.07, 6.45) is 3.11. The molecule has 0 atom stereocenters. The lowest BCUT2D eigenvalue weighted by Gasteiger charge is -2.07. The first-order chi connectivity index (χ1) is 13.6. The van der Waals surface area contributed by atoms with E-state index in [1.807, 2.05) is 13.0 Å². The minimum atomic E-state index is -0.362. The van der Waals surface area contributed by atoms with Gasteiger partial charge in [0.2, 0.25) is 5.91 Å². The van der Waals surface area contributed by atoms with Crippen molar-refractivity contribution in [1.82, 2.24) is 20.1 Å². The summed E-state index contributed by atoms with van der Waals surface area (Å²) in [5, 5.41) is 7.76. The molecule has 9 heteroatoms. The average Bonchev–Trinajstić information content (AvgIpc) is 3.44. The molecule has 4 rings (SSSR count). The molecule has 4 heterocycles. The van der Waals surface area contributed by atoms with Gasteiger partial charge in [-0.25, -0.2) is 9.67 Å². The number of rotatable bonds is 6. The number of nitrogens with zero attached hydrogens (tertiary/aromatic N) is 3. The molecule has 28 heavy (non-hydrogen) atoms. The maximum absolute atomic E-state index is 12.3. The van der Waals surface area contributed by atoms with Gasteiger partial charge in [0.15, 0.2) is 16.5 Å². The van der Waals surface area contributed by atoms with Gasteiger partial charge in [0.05, 0.1) is 24.8 Å². The highest BCUT2D eigenvalue weighted by Gasteiger charge is 2.13. The smallest absolute Gasteiger partial charge is 0.267 e. The van der Waals surface area contributed by atoms with Crippen LogP contribution in [-0.2, 0) is 17.9 Å². The molecule has 0 aliphatic carbocycles. The molecule has 4 aromatic rings. The zero-order chi connectivity index (χ0) is 19.5. The third kappa shape index (κ3) is 3.79. The lowest BCUT2D eigenvalue weighted by atomic mass is 10.3. The second-order valence-electron chi connectivity index (χ2n) is 5.97. The van der Waals surface area contributed by atoms with Crippen LogP contribution in [0.5, 0.6) is 0 Å². The number of thiazole rings is 1. The van der Waals surface area contributed by atoms with Crippen molar-refractivity contribution < 1.29 is 13.6 Å². The fourth-order valence-electron chi connectivity index (χ4n) is 2.59. The van der Waals surface area contributed by atoms with Crippen molar-refractivity contribution in [3.63, 3.8) is 0 Å². The summed E-state index contributed by atoms with van der Waals surface area (Å²) in [4.78, 5) is 29.7. The Bertz CT molecular complexity index is 1140. The van der Waals surface area contributed by atoms with Crippen LogP contribution in [0.3, 0.4) is 0 Å². The van der Waals surface area contributed by atoms with E-state index < -0.39 is 0 Å². The monoisotopic (exact) mass is 396 g/mol. The quantitative estimate of drug-likeness (QED) is 0.538. The molecule has 0 spiro atoms. The first-order valence-corrected chi connectivity index (χ1v) is 9.31. The average molecular weight is 396 g/mol. The number of aryl methyl sites for hydroxylation is 1. The standard InChI is InChI=1S/C19H16N4O4S/c1-12-16(28-19(21-12)15-5-3-9-27-15)10-20-17(24)11-23-18(25)7-6-13(22-23)14-4-2-8-26-14/h2-9H,10-11H2,1H3,(H,20,24). The summed E-state index contributed by atoms with van der Waals surface area (Å²) < 4.78 is 11.7. The van der Waals surface area contributed by atoms with Crippen molar-refractivity contribution >= 4 is 17.2 Å². The molecule has 0 unspecified atom stereocenters. The Morgan fingerprint density at radius 1 is 1.14 bits per heavy atom. The Morgan fingerprint density at radius 2 is 1.89 bits per heavy atom. The first kappa shape index (κ1) is 17.9. The van der Waals surface area contributed by atoms with E-state index in [1.165, 1.54) is 23.7 Å². The highest BCUT2D eigenvalue weighted by molar-refractivity contribution is 7.15. The van der Waals surface area contributed by atoms with E-state index in [0.717, 1.165) is 20.3 Å². The van der Waals surface area contributed by atoms with Crippen LogP contribution in [0.1, 0.15) is 10.6 Å². The number of hydrogen-bond donors (Lipinski definition) is 1. The summed E-state index contributed by atoms with van der Waals surface area (Å²) in [5.74, 6) is 0.898. The largest absolute Gasteiger partial charge is 0.463 e. The van der Waals surface area contributed by atoms with Crippen LogP contribution in [-0.4, -0.2) is 20.7 Å². The van der Waals surface area contributed by atoms with Crippen LogP contribution in [0.15, 0.2) is 62.6 Å². The van der Waals surface area contributed by atoms with E-state index >= 15 is 0 Å². The Labute approximate surface area is 163 Å². The molecule has 142 valence electrons. The van der Waals surface area contributed by atoms with Crippen LogP contribution in [0, 0.1) is 6.92 Å². The molecule has 0 fully saturated rings. The minimum Gasteiger partial charge on any atom is -0.463 e. The summed E-state index contributed by atoms with van der Waals surface area (Å²) in [7, 11) is 0. The Kier molecular flexibility index (Phi) is 4.90. The molecule has 0 aromatic carbocycles. The van der Waals surface area contributed by atoms with Gasteiger partial charge in [-0.15, -0.1) is 11.3 Å². The van der Waals surface area contributed by atoms with Crippen LogP contribution >= 0.6 is 11.3 Å².